The standard InChI is InChI=1S/C12H11ClFNO4/c1-2-19-12(16)5-3-4-8-6-10(14)11(15(17)18)7-9(8)13/h3-4,6-7H,2,5H2,1H3. The molecule has 0 heterocycles. The number of hydrogen-bond donors (Lipinski definition) is 0. The van der Waals surface area contributed by atoms with Crippen molar-refractivity contribution in [2.75, 3.05) is 6.61 Å². The molecule has 0 bridgehead atoms. The molecular formula is C12H11ClFNO4. The molecule has 0 radical (unpaired) electrons. The molecule has 1 aromatic rings. The highest BCUT2D eigenvalue weighted by atomic mass is 35.5. The Balaban J connectivity index is 2.85. The van der Waals surface area contributed by atoms with Crippen LogP contribution in [-0.2, 0) is 9.53 Å². The van der Waals surface area contributed by atoms with Crippen molar-refractivity contribution in [2.45, 2.75) is 13.3 Å². The Bertz CT molecular complexity index is 531. The lowest BCUT2D eigenvalue weighted by molar-refractivity contribution is -0.387. The average Bonchev–Trinajstić information content (AvgIpc) is 2.33. The molecule has 0 N–H and O–H groups in total. The van der Waals surface area contributed by atoms with Crippen LogP contribution in [0.2, 0.25) is 5.02 Å². The molecule has 0 aliphatic rings. The molecule has 1 rings (SSSR count). The van der Waals surface area contributed by atoms with Gasteiger partial charge in [-0.15, -0.1) is 0 Å². The van der Waals surface area contributed by atoms with Crippen LogP contribution < -0.4 is 0 Å². The van der Waals surface area contributed by atoms with E-state index in [0.29, 0.717) is 0 Å². The summed E-state index contributed by atoms with van der Waals surface area (Å²) in [7, 11) is 0. The van der Waals surface area contributed by atoms with Gasteiger partial charge in [0.25, 0.3) is 0 Å². The molecule has 1 aromatic carbocycles. The van der Waals surface area contributed by atoms with E-state index in [1.165, 1.54) is 12.2 Å². The zero-order valence-corrected chi connectivity index (χ0v) is 10.8. The predicted molar refractivity (Wildman–Crippen MR) is 68.3 cm³/mol. The number of ether oxygens (including phenoxy) is 1. The zero-order chi connectivity index (χ0) is 14.4. The van der Waals surface area contributed by atoms with Crippen molar-refractivity contribution in [1.82, 2.24) is 0 Å². The number of esters is 1. The summed E-state index contributed by atoms with van der Waals surface area (Å²) in [5.74, 6) is -1.40. The molecule has 0 saturated heterocycles. The number of hydrogen-bond acceptors (Lipinski definition) is 4. The number of nitro groups is 1. The Morgan fingerprint density at radius 2 is 2.26 bits per heavy atom. The summed E-state index contributed by atoms with van der Waals surface area (Å²) in [6.45, 7) is 1.96. The van der Waals surface area contributed by atoms with Crippen LogP contribution in [0.4, 0.5) is 10.1 Å². The average molecular weight is 288 g/mol. The number of rotatable bonds is 5. The highest BCUT2D eigenvalue weighted by molar-refractivity contribution is 6.32. The fraction of sp³-hybridized carbons (Fsp3) is 0.250. The second-order valence-corrected chi connectivity index (χ2v) is 3.90. The SMILES string of the molecule is CCOC(=O)CC=Cc1cc(F)c([N+](=O)[O-])cc1Cl. The van der Waals surface area contributed by atoms with E-state index in [2.05, 4.69) is 0 Å². The lowest BCUT2D eigenvalue weighted by atomic mass is 10.1. The highest BCUT2D eigenvalue weighted by Crippen LogP contribution is 2.26. The van der Waals surface area contributed by atoms with Crippen LogP contribution in [0.25, 0.3) is 6.08 Å². The monoisotopic (exact) mass is 287 g/mol. The van der Waals surface area contributed by atoms with E-state index in [-0.39, 0.29) is 23.6 Å². The predicted octanol–water partition coefficient (Wildman–Crippen LogP) is 3.35. The minimum absolute atomic E-state index is 0.0166. The molecule has 0 aliphatic heterocycles. The third-order valence-electron chi connectivity index (χ3n) is 2.15. The molecule has 0 fully saturated rings. The van der Waals surface area contributed by atoms with E-state index in [9.17, 15) is 19.3 Å². The highest BCUT2D eigenvalue weighted by Gasteiger charge is 2.16. The van der Waals surface area contributed by atoms with Gasteiger partial charge >= 0.3 is 11.7 Å². The quantitative estimate of drug-likeness (QED) is 0.473. The molecule has 7 heteroatoms. The maximum absolute atomic E-state index is 13.4. The van der Waals surface area contributed by atoms with Gasteiger partial charge < -0.3 is 4.74 Å². The van der Waals surface area contributed by atoms with Crippen molar-refractivity contribution < 1.29 is 18.8 Å². The second-order valence-electron chi connectivity index (χ2n) is 3.49. The van der Waals surface area contributed by atoms with E-state index in [0.717, 1.165) is 12.1 Å². The van der Waals surface area contributed by atoms with E-state index in [1.54, 1.807) is 6.92 Å². The summed E-state index contributed by atoms with van der Waals surface area (Å²) >= 11 is 5.78. The summed E-state index contributed by atoms with van der Waals surface area (Å²) < 4.78 is 18.1. The first-order chi connectivity index (χ1) is 8.95. The third kappa shape index (κ3) is 4.33. The van der Waals surface area contributed by atoms with Gasteiger partial charge in [-0.2, -0.15) is 4.39 Å². The van der Waals surface area contributed by atoms with Gasteiger partial charge in [-0.1, -0.05) is 23.8 Å². The summed E-state index contributed by atoms with van der Waals surface area (Å²) in [6, 6.07) is 1.88. The number of nitrogens with zero attached hydrogens (tertiary/aromatic N) is 1. The minimum atomic E-state index is -0.981. The van der Waals surface area contributed by atoms with Crippen molar-refractivity contribution in [1.29, 1.82) is 0 Å². The van der Waals surface area contributed by atoms with Gasteiger partial charge in [-0.05, 0) is 18.6 Å². The molecule has 5 nitrogen and oxygen atoms in total. The minimum Gasteiger partial charge on any atom is -0.466 e. The molecule has 102 valence electrons. The van der Waals surface area contributed by atoms with Crippen LogP contribution in [-0.4, -0.2) is 17.5 Å². The van der Waals surface area contributed by atoms with E-state index < -0.39 is 22.4 Å². The third-order valence-corrected chi connectivity index (χ3v) is 2.48. The van der Waals surface area contributed by atoms with Crippen LogP contribution in [0.1, 0.15) is 18.9 Å². The first kappa shape index (κ1) is 15.1. The molecule has 0 amide bonds. The van der Waals surface area contributed by atoms with Gasteiger partial charge in [0, 0.05) is 6.07 Å². The second kappa shape index (κ2) is 6.84. The number of nitro benzene ring substituents is 1. The first-order valence-electron chi connectivity index (χ1n) is 5.41. The van der Waals surface area contributed by atoms with Crippen molar-refractivity contribution in [3.8, 4) is 0 Å². The van der Waals surface area contributed by atoms with E-state index in [1.807, 2.05) is 0 Å². The Morgan fingerprint density at radius 1 is 1.58 bits per heavy atom. The smallest absolute Gasteiger partial charge is 0.309 e. The van der Waals surface area contributed by atoms with Gasteiger partial charge in [-0.3, -0.25) is 14.9 Å². The zero-order valence-electron chi connectivity index (χ0n) is 10.1. The molecule has 0 saturated carbocycles. The van der Waals surface area contributed by atoms with Crippen LogP contribution in [0.3, 0.4) is 0 Å². The lowest BCUT2D eigenvalue weighted by Gasteiger charge is -2.00. The summed E-state index contributed by atoms with van der Waals surface area (Å²) in [6.07, 6.45) is 2.87. The Kier molecular flexibility index (Phi) is 5.44. The summed E-state index contributed by atoms with van der Waals surface area (Å²) in [5, 5.41) is 10.5. The molecule has 0 atom stereocenters. The molecule has 0 aliphatic carbocycles. The topological polar surface area (TPSA) is 69.4 Å². The Morgan fingerprint density at radius 3 is 2.84 bits per heavy atom. The molecule has 19 heavy (non-hydrogen) atoms. The van der Waals surface area contributed by atoms with Crippen molar-refractivity contribution >= 4 is 29.3 Å². The molecule has 0 spiro atoms. The van der Waals surface area contributed by atoms with Crippen LogP contribution in [0.15, 0.2) is 18.2 Å². The van der Waals surface area contributed by atoms with Crippen LogP contribution >= 0.6 is 11.6 Å². The van der Waals surface area contributed by atoms with Gasteiger partial charge in [0.15, 0.2) is 0 Å². The fourth-order valence-corrected chi connectivity index (χ4v) is 1.54. The fourth-order valence-electron chi connectivity index (χ4n) is 1.32. The largest absolute Gasteiger partial charge is 0.466 e. The summed E-state index contributed by atoms with van der Waals surface area (Å²) in [5.41, 5.74) is -0.429. The molecule has 0 unspecified atom stereocenters. The number of benzene rings is 1. The normalized spacial score (nSPS) is 10.7. The first-order valence-corrected chi connectivity index (χ1v) is 5.79. The Labute approximate surface area is 113 Å². The van der Waals surface area contributed by atoms with Gasteiger partial charge in [-0.25, -0.2) is 0 Å². The Hall–Kier alpha value is -1.95. The number of carbonyl (C=O) groups is 1. The molecule has 0 aromatic heterocycles. The van der Waals surface area contributed by atoms with Crippen LogP contribution in [0.5, 0.6) is 0 Å². The lowest BCUT2D eigenvalue weighted by Crippen LogP contribution is -2.01. The molecular weight excluding hydrogens is 277 g/mol. The van der Waals surface area contributed by atoms with Gasteiger partial charge in [0.1, 0.15) is 0 Å². The van der Waals surface area contributed by atoms with Crippen molar-refractivity contribution in [3.05, 3.63) is 44.7 Å². The van der Waals surface area contributed by atoms with Crippen LogP contribution in [0, 0.1) is 15.9 Å². The van der Waals surface area contributed by atoms with Gasteiger partial charge in [0.05, 0.1) is 23.0 Å². The maximum atomic E-state index is 13.4. The number of carbonyl (C=O) groups excluding carboxylic acids is 1. The number of halogens is 2. The van der Waals surface area contributed by atoms with E-state index in [4.69, 9.17) is 16.3 Å². The summed E-state index contributed by atoms with van der Waals surface area (Å²) in [4.78, 5) is 20.7. The van der Waals surface area contributed by atoms with Crippen molar-refractivity contribution in [3.63, 3.8) is 0 Å². The van der Waals surface area contributed by atoms with Crippen molar-refractivity contribution in [2.24, 2.45) is 0 Å². The van der Waals surface area contributed by atoms with Gasteiger partial charge in [0.2, 0.25) is 5.82 Å². The van der Waals surface area contributed by atoms with E-state index >= 15 is 0 Å². The maximum Gasteiger partial charge on any atom is 0.309 e.